The second-order valence-electron chi connectivity index (χ2n) is 4.69. The number of fused-ring (bicyclic) bond motifs is 1. The molecular weight excluding hydrogens is 180 g/mol. The van der Waals surface area contributed by atoms with Crippen molar-refractivity contribution >= 4 is 5.97 Å². The fraction of sp³-hybridized carbons (Fsp3) is 0.909. The van der Waals surface area contributed by atoms with Crippen molar-refractivity contribution < 1.29 is 14.6 Å². The molecule has 0 unspecified atom stereocenters. The lowest BCUT2D eigenvalue weighted by atomic mass is 9.72. The average molecular weight is 198 g/mol. The van der Waals surface area contributed by atoms with Gasteiger partial charge in [-0.25, -0.2) is 0 Å². The highest BCUT2D eigenvalue weighted by Crippen LogP contribution is 2.44. The topological polar surface area (TPSA) is 46.5 Å². The molecule has 0 aromatic heterocycles. The van der Waals surface area contributed by atoms with Gasteiger partial charge >= 0.3 is 5.97 Å². The lowest BCUT2D eigenvalue weighted by Gasteiger charge is -2.31. The zero-order chi connectivity index (χ0) is 10.3. The standard InChI is InChI=1S/C11H18O3/c1-6-7(2)14-9-5-3-4-8(10(6)9)11(12)13/h6-10H,3-5H2,1-2H3,(H,12,13)/t6-,7-,8-,9+,10+/m1/s1. The number of carboxylic acid groups (broad SMARTS) is 1. The molecule has 1 aliphatic heterocycles. The average Bonchev–Trinajstić information content (AvgIpc) is 2.43. The molecule has 1 aliphatic carbocycles. The van der Waals surface area contributed by atoms with Crippen LogP contribution in [-0.2, 0) is 9.53 Å². The fourth-order valence-electron chi connectivity index (χ4n) is 3.05. The van der Waals surface area contributed by atoms with E-state index in [0.29, 0.717) is 5.92 Å². The van der Waals surface area contributed by atoms with Crippen LogP contribution in [0.2, 0.25) is 0 Å². The molecule has 0 radical (unpaired) electrons. The highest BCUT2D eigenvalue weighted by atomic mass is 16.5. The van der Waals surface area contributed by atoms with E-state index in [1.165, 1.54) is 0 Å². The molecule has 1 heterocycles. The Bertz CT molecular complexity index is 239. The van der Waals surface area contributed by atoms with Crippen molar-refractivity contribution in [1.82, 2.24) is 0 Å². The summed E-state index contributed by atoms with van der Waals surface area (Å²) in [5.74, 6) is -0.171. The van der Waals surface area contributed by atoms with Gasteiger partial charge in [-0.3, -0.25) is 4.79 Å². The van der Waals surface area contributed by atoms with Crippen molar-refractivity contribution in [3.63, 3.8) is 0 Å². The largest absolute Gasteiger partial charge is 0.481 e. The van der Waals surface area contributed by atoms with Gasteiger partial charge in [0.25, 0.3) is 0 Å². The zero-order valence-corrected chi connectivity index (χ0v) is 8.77. The monoisotopic (exact) mass is 198 g/mol. The highest BCUT2D eigenvalue weighted by Gasteiger charge is 2.47. The van der Waals surface area contributed by atoms with E-state index < -0.39 is 5.97 Å². The minimum Gasteiger partial charge on any atom is -0.481 e. The molecule has 2 rings (SSSR count). The van der Waals surface area contributed by atoms with Crippen LogP contribution in [-0.4, -0.2) is 23.3 Å². The van der Waals surface area contributed by atoms with Crippen LogP contribution in [0.4, 0.5) is 0 Å². The van der Waals surface area contributed by atoms with Gasteiger partial charge in [-0.15, -0.1) is 0 Å². The Morgan fingerprint density at radius 1 is 1.36 bits per heavy atom. The molecular formula is C11H18O3. The van der Waals surface area contributed by atoms with Gasteiger partial charge in [-0.05, 0) is 32.1 Å². The molecule has 5 atom stereocenters. The van der Waals surface area contributed by atoms with E-state index >= 15 is 0 Å². The molecule has 2 fully saturated rings. The van der Waals surface area contributed by atoms with Crippen LogP contribution in [0.5, 0.6) is 0 Å². The molecule has 2 aliphatic rings. The number of rotatable bonds is 1. The Hall–Kier alpha value is -0.570. The maximum Gasteiger partial charge on any atom is 0.306 e. The van der Waals surface area contributed by atoms with Crippen LogP contribution in [0.15, 0.2) is 0 Å². The van der Waals surface area contributed by atoms with Crippen molar-refractivity contribution in [2.75, 3.05) is 0 Å². The van der Waals surface area contributed by atoms with Crippen LogP contribution in [0, 0.1) is 17.8 Å². The van der Waals surface area contributed by atoms with E-state index in [4.69, 9.17) is 9.84 Å². The van der Waals surface area contributed by atoms with Gasteiger partial charge in [0.1, 0.15) is 0 Å². The van der Waals surface area contributed by atoms with Gasteiger partial charge in [0.05, 0.1) is 18.1 Å². The molecule has 14 heavy (non-hydrogen) atoms. The zero-order valence-electron chi connectivity index (χ0n) is 8.77. The van der Waals surface area contributed by atoms with Crippen LogP contribution in [0.1, 0.15) is 33.1 Å². The first-order valence-electron chi connectivity index (χ1n) is 5.49. The molecule has 0 aromatic rings. The molecule has 1 saturated heterocycles. The van der Waals surface area contributed by atoms with Gasteiger partial charge in [0.2, 0.25) is 0 Å². The summed E-state index contributed by atoms with van der Waals surface area (Å²) in [5.41, 5.74) is 0. The van der Waals surface area contributed by atoms with E-state index in [2.05, 4.69) is 13.8 Å². The number of ether oxygens (including phenoxy) is 1. The Morgan fingerprint density at radius 3 is 2.71 bits per heavy atom. The third-order valence-electron chi connectivity index (χ3n) is 3.95. The maximum absolute atomic E-state index is 11.1. The smallest absolute Gasteiger partial charge is 0.306 e. The fourth-order valence-corrected chi connectivity index (χ4v) is 3.05. The van der Waals surface area contributed by atoms with Crippen molar-refractivity contribution in [3.8, 4) is 0 Å². The Morgan fingerprint density at radius 2 is 2.07 bits per heavy atom. The van der Waals surface area contributed by atoms with Gasteiger partial charge in [0, 0.05) is 5.92 Å². The third-order valence-corrected chi connectivity index (χ3v) is 3.95. The maximum atomic E-state index is 11.1. The number of hydrogen-bond donors (Lipinski definition) is 1. The highest BCUT2D eigenvalue weighted by molar-refractivity contribution is 5.70. The molecule has 1 saturated carbocycles. The van der Waals surface area contributed by atoms with E-state index in [0.717, 1.165) is 19.3 Å². The second-order valence-corrected chi connectivity index (χ2v) is 4.69. The molecule has 1 N–H and O–H groups in total. The number of aliphatic carboxylic acids is 1. The first-order valence-corrected chi connectivity index (χ1v) is 5.49. The van der Waals surface area contributed by atoms with Gasteiger partial charge < -0.3 is 9.84 Å². The summed E-state index contributed by atoms with van der Waals surface area (Å²) in [7, 11) is 0. The first kappa shape index (κ1) is 9.97. The molecule has 0 amide bonds. The SMILES string of the molecule is C[C@H]1[C@@H]2[C@H](CCC[C@H]2C(=O)O)O[C@@H]1C. The van der Waals surface area contributed by atoms with Crippen molar-refractivity contribution in [2.24, 2.45) is 17.8 Å². The number of hydrogen-bond acceptors (Lipinski definition) is 2. The van der Waals surface area contributed by atoms with Crippen LogP contribution in [0.3, 0.4) is 0 Å². The molecule has 0 aromatic carbocycles. The Kier molecular flexibility index (Phi) is 2.52. The molecule has 3 heteroatoms. The van der Waals surface area contributed by atoms with Gasteiger partial charge in [-0.2, -0.15) is 0 Å². The summed E-state index contributed by atoms with van der Waals surface area (Å²) < 4.78 is 5.79. The Labute approximate surface area is 84.4 Å². The molecule has 80 valence electrons. The van der Waals surface area contributed by atoms with Crippen LogP contribution in [0.25, 0.3) is 0 Å². The normalized spacial score (nSPS) is 47.4. The Balaban J connectivity index is 2.18. The minimum atomic E-state index is -0.635. The van der Waals surface area contributed by atoms with E-state index in [9.17, 15) is 4.79 Å². The second kappa shape index (κ2) is 3.54. The summed E-state index contributed by atoms with van der Waals surface area (Å²) in [4.78, 5) is 11.1. The van der Waals surface area contributed by atoms with Crippen molar-refractivity contribution in [1.29, 1.82) is 0 Å². The van der Waals surface area contributed by atoms with Crippen molar-refractivity contribution in [3.05, 3.63) is 0 Å². The number of carboxylic acids is 1. The van der Waals surface area contributed by atoms with Crippen molar-refractivity contribution in [2.45, 2.75) is 45.3 Å². The summed E-state index contributed by atoms with van der Waals surface area (Å²) in [6, 6.07) is 0. The summed E-state index contributed by atoms with van der Waals surface area (Å²) in [6.45, 7) is 4.18. The van der Waals surface area contributed by atoms with E-state index in [-0.39, 0.29) is 24.0 Å². The molecule has 0 bridgehead atoms. The minimum absolute atomic E-state index is 0.173. The van der Waals surface area contributed by atoms with Gasteiger partial charge in [0.15, 0.2) is 0 Å². The summed E-state index contributed by atoms with van der Waals surface area (Å²) >= 11 is 0. The van der Waals surface area contributed by atoms with Crippen LogP contribution < -0.4 is 0 Å². The van der Waals surface area contributed by atoms with E-state index in [1.54, 1.807) is 0 Å². The number of carbonyl (C=O) groups is 1. The predicted octanol–water partition coefficient (Wildman–Crippen LogP) is 1.91. The van der Waals surface area contributed by atoms with E-state index in [1.807, 2.05) is 0 Å². The van der Waals surface area contributed by atoms with Crippen LogP contribution >= 0.6 is 0 Å². The first-order chi connectivity index (χ1) is 6.61. The summed E-state index contributed by atoms with van der Waals surface area (Å²) in [5, 5.41) is 9.13. The molecule has 0 spiro atoms. The summed E-state index contributed by atoms with van der Waals surface area (Å²) in [6.07, 6.45) is 3.30. The predicted molar refractivity (Wildman–Crippen MR) is 52.0 cm³/mol. The quantitative estimate of drug-likeness (QED) is 0.700. The third kappa shape index (κ3) is 1.44. The lowest BCUT2D eigenvalue weighted by molar-refractivity contribution is -0.146. The lowest BCUT2D eigenvalue weighted by Crippen LogP contribution is -2.36. The van der Waals surface area contributed by atoms with Gasteiger partial charge in [-0.1, -0.05) is 6.92 Å². The molecule has 3 nitrogen and oxygen atoms in total.